The van der Waals surface area contributed by atoms with Gasteiger partial charge < -0.3 is 4.57 Å². The molecule has 126 valence electrons. The van der Waals surface area contributed by atoms with Crippen molar-refractivity contribution in [2.75, 3.05) is 0 Å². The van der Waals surface area contributed by atoms with E-state index >= 15 is 0 Å². The number of fused-ring (bicyclic) bond motifs is 1. The summed E-state index contributed by atoms with van der Waals surface area (Å²) in [7, 11) is -3.74. The minimum absolute atomic E-state index is 0.0732. The van der Waals surface area contributed by atoms with E-state index in [0.717, 1.165) is 38.1 Å². The average molecular weight is 345 g/mol. The van der Waals surface area contributed by atoms with Crippen molar-refractivity contribution >= 4 is 10.0 Å². The van der Waals surface area contributed by atoms with E-state index in [1.807, 2.05) is 10.6 Å². The molecule has 3 rings (SSSR count). The van der Waals surface area contributed by atoms with Crippen LogP contribution in [0.3, 0.4) is 0 Å². The Morgan fingerprint density at radius 1 is 1.29 bits per heavy atom. The molecule has 1 N–H and O–H groups in total. The number of sulfonamides is 1. The molecule has 24 heavy (non-hydrogen) atoms. The summed E-state index contributed by atoms with van der Waals surface area (Å²) >= 11 is 0. The first kappa shape index (κ1) is 16.6. The predicted molar refractivity (Wildman–Crippen MR) is 87.5 cm³/mol. The van der Waals surface area contributed by atoms with E-state index in [1.54, 1.807) is 19.1 Å². The lowest BCUT2D eigenvalue weighted by molar-refractivity contribution is 0.534. The normalized spacial score (nSPS) is 16.0. The van der Waals surface area contributed by atoms with E-state index in [2.05, 4.69) is 14.9 Å². The van der Waals surface area contributed by atoms with E-state index < -0.39 is 16.1 Å². The highest BCUT2D eigenvalue weighted by Gasteiger charge is 2.24. The van der Waals surface area contributed by atoms with Crippen molar-refractivity contribution in [3.63, 3.8) is 0 Å². The molecule has 0 saturated heterocycles. The number of hydrogen-bond acceptors (Lipinski definition) is 5. The van der Waals surface area contributed by atoms with Crippen LogP contribution in [-0.4, -0.2) is 23.2 Å². The zero-order chi connectivity index (χ0) is 17.2. The monoisotopic (exact) mass is 345 g/mol. The quantitative estimate of drug-likeness (QED) is 0.912. The molecule has 0 bridgehead atoms. The Morgan fingerprint density at radius 3 is 2.92 bits per heavy atom. The highest BCUT2D eigenvalue weighted by atomic mass is 32.2. The maximum absolute atomic E-state index is 12.6. The first-order chi connectivity index (χ1) is 11.5. The second kappa shape index (κ2) is 6.71. The van der Waals surface area contributed by atoms with Crippen LogP contribution in [0.5, 0.6) is 0 Å². The Labute approximate surface area is 141 Å². The van der Waals surface area contributed by atoms with Gasteiger partial charge >= 0.3 is 0 Å². The van der Waals surface area contributed by atoms with Crippen LogP contribution in [0.2, 0.25) is 0 Å². The van der Waals surface area contributed by atoms with Crippen molar-refractivity contribution in [3.8, 4) is 6.07 Å². The van der Waals surface area contributed by atoms with Crippen LogP contribution in [0.15, 0.2) is 29.2 Å². The Hall–Kier alpha value is -2.24. The SMILES string of the molecule is C[C@H](NS(=O)(=O)c1cccc(C#N)c1)c1nnc2n1CCCCC2. The minimum Gasteiger partial charge on any atom is -0.314 e. The second-order valence-electron chi connectivity index (χ2n) is 5.92. The fraction of sp³-hybridized carbons (Fsp3) is 0.438. The molecule has 2 heterocycles. The third kappa shape index (κ3) is 3.32. The van der Waals surface area contributed by atoms with Crippen molar-refractivity contribution in [2.45, 2.75) is 50.1 Å². The van der Waals surface area contributed by atoms with Crippen LogP contribution in [0.1, 0.15) is 49.4 Å². The standard InChI is InChI=1S/C16H19N5O2S/c1-12(16-19-18-15-8-3-2-4-9-21(15)16)20-24(22,23)14-7-5-6-13(10-14)11-17/h5-7,10,12,20H,2-4,8-9H2,1H3/t12-/m0/s1. The largest absolute Gasteiger partial charge is 0.314 e. The van der Waals surface area contributed by atoms with Gasteiger partial charge in [-0.25, -0.2) is 13.1 Å². The molecule has 1 aliphatic heterocycles. The molecule has 0 aliphatic carbocycles. The van der Waals surface area contributed by atoms with Gasteiger partial charge in [0.25, 0.3) is 0 Å². The number of nitriles is 1. The molecule has 2 aromatic rings. The lowest BCUT2D eigenvalue weighted by atomic mass is 10.2. The van der Waals surface area contributed by atoms with Gasteiger partial charge in [0.2, 0.25) is 10.0 Å². The number of nitrogens with zero attached hydrogens (tertiary/aromatic N) is 4. The van der Waals surface area contributed by atoms with Crippen LogP contribution in [0.4, 0.5) is 0 Å². The minimum atomic E-state index is -3.74. The first-order valence-corrected chi connectivity index (χ1v) is 9.44. The second-order valence-corrected chi connectivity index (χ2v) is 7.63. The molecule has 1 atom stereocenters. The molecule has 7 nitrogen and oxygen atoms in total. The van der Waals surface area contributed by atoms with Gasteiger partial charge in [0.1, 0.15) is 5.82 Å². The van der Waals surface area contributed by atoms with Gasteiger partial charge in [0.05, 0.1) is 22.6 Å². The van der Waals surface area contributed by atoms with E-state index in [1.165, 1.54) is 12.1 Å². The number of rotatable bonds is 4. The van der Waals surface area contributed by atoms with Gasteiger partial charge in [-0.3, -0.25) is 0 Å². The maximum Gasteiger partial charge on any atom is 0.241 e. The van der Waals surface area contributed by atoms with Crippen LogP contribution in [0.25, 0.3) is 0 Å². The summed E-state index contributed by atoms with van der Waals surface area (Å²) in [5, 5.41) is 17.3. The van der Waals surface area contributed by atoms with Gasteiger partial charge in [0, 0.05) is 13.0 Å². The van der Waals surface area contributed by atoms with Gasteiger partial charge in [0.15, 0.2) is 5.82 Å². The zero-order valence-corrected chi connectivity index (χ0v) is 14.3. The average Bonchev–Trinajstić information content (AvgIpc) is 2.83. The van der Waals surface area contributed by atoms with Crippen LogP contribution in [-0.2, 0) is 23.0 Å². The van der Waals surface area contributed by atoms with Crippen molar-refractivity contribution in [1.82, 2.24) is 19.5 Å². The van der Waals surface area contributed by atoms with E-state index in [0.29, 0.717) is 11.4 Å². The molecule has 0 radical (unpaired) electrons. The topological polar surface area (TPSA) is 101 Å². The predicted octanol–water partition coefficient (Wildman–Crippen LogP) is 1.92. The summed E-state index contributed by atoms with van der Waals surface area (Å²) in [5.74, 6) is 1.55. The van der Waals surface area contributed by atoms with Crippen molar-refractivity contribution in [1.29, 1.82) is 5.26 Å². The zero-order valence-electron chi connectivity index (χ0n) is 13.4. The maximum atomic E-state index is 12.6. The van der Waals surface area contributed by atoms with Crippen LogP contribution < -0.4 is 4.72 Å². The number of aromatic nitrogens is 3. The summed E-state index contributed by atoms with van der Waals surface area (Å²) in [6.45, 7) is 2.57. The number of benzene rings is 1. The number of nitrogens with one attached hydrogen (secondary N) is 1. The first-order valence-electron chi connectivity index (χ1n) is 7.96. The van der Waals surface area contributed by atoms with Gasteiger partial charge in [-0.1, -0.05) is 12.5 Å². The Kier molecular flexibility index (Phi) is 4.64. The summed E-state index contributed by atoms with van der Waals surface area (Å²) < 4.78 is 29.8. The molecule has 1 aromatic carbocycles. The summed E-state index contributed by atoms with van der Waals surface area (Å²) in [6, 6.07) is 7.41. The molecular weight excluding hydrogens is 326 g/mol. The summed E-state index contributed by atoms with van der Waals surface area (Å²) in [5.41, 5.74) is 0.307. The summed E-state index contributed by atoms with van der Waals surface area (Å²) in [6.07, 6.45) is 4.14. The van der Waals surface area contributed by atoms with Gasteiger partial charge in [-0.05, 0) is 38.0 Å². The van der Waals surface area contributed by atoms with Crippen molar-refractivity contribution in [2.24, 2.45) is 0 Å². The highest BCUT2D eigenvalue weighted by Crippen LogP contribution is 2.20. The Morgan fingerprint density at radius 2 is 2.12 bits per heavy atom. The van der Waals surface area contributed by atoms with E-state index in [-0.39, 0.29) is 4.90 Å². The molecule has 0 spiro atoms. The third-order valence-corrected chi connectivity index (χ3v) is 5.67. The van der Waals surface area contributed by atoms with E-state index in [9.17, 15) is 8.42 Å². The molecule has 1 aromatic heterocycles. The lowest BCUT2D eigenvalue weighted by Crippen LogP contribution is -2.29. The highest BCUT2D eigenvalue weighted by molar-refractivity contribution is 7.89. The molecule has 1 aliphatic rings. The molecule has 0 saturated carbocycles. The van der Waals surface area contributed by atoms with Crippen molar-refractivity contribution < 1.29 is 8.42 Å². The Balaban J connectivity index is 1.85. The lowest BCUT2D eigenvalue weighted by Gasteiger charge is -2.15. The third-order valence-electron chi connectivity index (χ3n) is 4.13. The van der Waals surface area contributed by atoms with E-state index in [4.69, 9.17) is 5.26 Å². The fourth-order valence-corrected chi connectivity index (χ4v) is 4.16. The van der Waals surface area contributed by atoms with Gasteiger partial charge in [-0.2, -0.15) is 5.26 Å². The summed E-state index contributed by atoms with van der Waals surface area (Å²) in [4.78, 5) is 0.0732. The number of hydrogen-bond donors (Lipinski definition) is 1. The van der Waals surface area contributed by atoms with Crippen molar-refractivity contribution in [3.05, 3.63) is 41.5 Å². The molecule has 8 heteroatoms. The fourth-order valence-electron chi connectivity index (χ4n) is 2.91. The van der Waals surface area contributed by atoms with Gasteiger partial charge in [-0.15, -0.1) is 10.2 Å². The molecule has 0 fully saturated rings. The smallest absolute Gasteiger partial charge is 0.241 e. The van der Waals surface area contributed by atoms with Crippen LogP contribution >= 0.6 is 0 Å². The molecular formula is C16H19N5O2S. The molecule has 0 amide bonds. The molecule has 0 unspecified atom stereocenters. The number of aryl methyl sites for hydroxylation is 1. The van der Waals surface area contributed by atoms with Crippen LogP contribution in [0, 0.1) is 11.3 Å². The Bertz CT molecular complexity index is 882.